The van der Waals surface area contributed by atoms with Crippen LogP contribution in [0.2, 0.25) is 5.02 Å². The van der Waals surface area contributed by atoms with Gasteiger partial charge < -0.3 is 9.84 Å². The number of ether oxygens (including phenoxy) is 1. The van der Waals surface area contributed by atoms with E-state index in [4.69, 9.17) is 27.0 Å². The molecular formula is C9H8ClN3O3. The molecule has 6 nitrogen and oxygen atoms in total. The van der Waals surface area contributed by atoms with E-state index in [9.17, 15) is 4.79 Å². The van der Waals surface area contributed by atoms with Crippen LogP contribution in [0, 0.1) is 0 Å². The molecule has 0 radical (unpaired) electrons. The van der Waals surface area contributed by atoms with Crippen molar-refractivity contribution in [1.29, 1.82) is 0 Å². The molecule has 16 heavy (non-hydrogen) atoms. The lowest BCUT2D eigenvalue weighted by Crippen LogP contribution is -2.02. The van der Waals surface area contributed by atoms with E-state index in [0.717, 1.165) is 0 Å². The molecule has 0 fully saturated rings. The fraction of sp³-hybridized carbons (Fsp3) is 0.222. The lowest BCUT2D eigenvalue weighted by atomic mass is 10.2. The largest absolute Gasteiger partial charge is 0.493 e. The molecule has 0 spiro atoms. The molecule has 1 rings (SSSR count). The molecule has 1 aromatic rings. The Morgan fingerprint density at radius 3 is 2.88 bits per heavy atom. The Labute approximate surface area is 96.0 Å². The van der Waals surface area contributed by atoms with Crippen LogP contribution < -0.4 is 4.74 Å². The first-order chi connectivity index (χ1) is 7.60. The lowest BCUT2D eigenvalue weighted by Gasteiger charge is -2.08. The average Bonchev–Trinajstić information content (AvgIpc) is 2.23. The number of carboxylic acids is 1. The predicted molar refractivity (Wildman–Crippen MR) is 58.4 cm³/mol. The second-order valence-electron chi connectivity index (χ2n) is 2.73. The maximum absolute atomic E-state index is 10.9. The number of benzene rings is 1. The molecule has 0 aliphatic rings. The number of aromatic carboxylic acids is 1. The van der Waals surface area contributed by atoms with E-state index in [1.54, 1.807) is 6.92 Å². The van der Waals surface area contributed by atoms with Gasteiger partial charge in [-0.3, -0.25) is 0 Å². The SMILES string of the molecule is CCOc1cc(N=[N+]=[N-])c(Cl)cc1C(=O)O. The molecule has 0 atom stereocenters. The molecule has 1 aromatic carbocycles. The Morgan fingerprint density at radius 1 is 1.69 bits per heavy atom. The van der Waals surface area contributed by atoms with Crippen LogP contribution >= 0.6 is 11.6 Å². The van der Waals surface area contributed by atoms with Gasteiger partial charge in [-0.2, -0.15) is 0 Å². The molecular weight excluding hydrogens is 234 g/mol. The van der Waals surface area contributed by atoms with Gasteiger partial charge in [0.05, 0.1) is 17.3 Å². The van der Waals surface area contributed by atoms with Crippen LogP contribution in [0.5, 0.6) is 5.75 Å². The van der Waals surface area contributed by atoms with Gasteiger partial charge in [0.1, 0.15) is 11.3 Å². The number of azide groups is 1. The van der Waals surface area contributed by atoms with Crippen LogP contribution in [0.3, 0.4) is 0 Å². The van der Waals surface area contributed by atoms with E-state index in [1.807, 2.05) is 0 Å². The molecule has 7 heteroatoms. The van der Waals surface area contributed by atoms with Crippen molar-refractivity contribution in [3.8, 4) is 5.75 Å². The summed E-state index contributed by atoms with van der Waals surface area (Å²) in [6.07, 6.45) is 0. The summed E-state index contributed by atoms with van der Waals surface area (Å²) in [7, 11) is 0. The monoisotopic (exact) mass is 241 g/mol. The first-order valence-corrected chi connectivity index (χ1v) is 4.72. The quantitative estimate of drug-likeness (QED) is 0.497. The summed E-state index contributed by atoms with van der Waals surface area (Å²) < 4.78 is 5.12. The smallest absolute Gasteiger partial charge is 0.339 e. The minimum Gasteiger partial charge on any atom is -0.493 e. The molecule has 0 amide bonds. The van der Waals surface area contributed by atoms with Gasteiger partial charge in [-0.1, -0.05) is 16.7 Å². The van der Waals surface area contributed by atoms with Gasteiger partial charge in [0.15, 0.2) is 0 Å². The number of carbonyl (C=O) groups is 1. The number of hydrogen-bond acceptors (Lipinski definition) is 3. The van der Waals surface area contributed by atoms with Gasteiger partial charge in [0.25, 0.3) is 0 Å². The first kappa shape index (κ1) is 12.2. The molecule has 0 saturated carbocycles. The van der Waals surface area contributed by atoms with Crippen LogP contribution in [-0.2, 0) is 0 Å². The van der Waals surface area contributed by atoms with Gasteiger partial charge >= 0.3 is 5.97 Å². The summed E-state index contributed by atoms with van der Waals surface area (Å²) in [4.78, 5) is 13.5. The number of nitrogens with zero attached hydrogens (tertiary/aromatic N) is 3. The van der Waals surface area contributed by atoms with Crippen LogP contribution in [-0.4, -0.2) is 17.7 Å². The van der Waals surface area contributed by atoms with E-state index < -0.39 is 5.97 Å². The van der Waals surface area contributed by atoms with E-state index >= 15 is 0 Å². The Kier molecular flexibility index (Phi) is 3.99. The topological polar surface area (TPSA) is 95.3 Å². The Bertz CT molecular complexity index is 469. The maximum Gasteiger partial charge on any atom is 0.339 e. The van der Waals surface area contributed by atoms with E-state index in [1.165, 1.54) is 12.1 Å². The minimum atomic E-state index is -1.15. The second kappa shape index (κ2) is 5.25. The number of carboxylic acid groups (broad SMARTS) is 1. The van der Waals surface area contributed by atoms with Crippen LogP contribution in [0.15, 0.2) is 17.2 Å². The summed E-state index contributed by atoms with van der Waals surface area (Å²) in [5.41, 5.74) is 8.36. The highest BCUT2D eigenvalue weighted by molar-refractivity contribution is 6.33. The molecule has 0 saturated heterocycles. The number of rotatable bonds is 4. The van der Waals surface area contributed by atoms with E-state index in [-0.39, 0.29) is 22.0 Å². The van der Waals surface area contributed by atoms with Crippen molar-refractivity contribution in [3.05, 3.63) is 33.2 Å². The Balaban J connectivity index is 3.36. The van der Waals surface area contributed by atoms with Crippen LogP contribution in [0.4, 0.5) is 5.69 Å². The van der Waals surface area contributed by atoms with Crippen molar-refractivity contribution in [2.45, 2.75) is 6.92 Å². The van der Waals surface area contributed by atoms with Crippen molar-refractivity contribution in [2.75, 3.05) is 6.61 Å². The van der Waals surface area contributed by atoms with Gasteiger partial charge in [-0.15, -0.1) is 0 Å². The highest BCUT2D eigenvalue weighted by atomic mass is 35.5. The zero-order chi connectivity index (χ0) is 12.1. The molecule has 0 aromatic heterocycles. The van der Waals surface area contributed by atoms with Gasteiger partial charge in [0.2, 0.25) is 0 Å². The lowest BCUT2D eigenvalue weighted by molar-refractivity contribution is 0.0692. The normalized spacial score (nSPS) is 9.38. The third kappa shape index (κ3) is 2.56. The fourth-order valence-electron chi connectivity index (χ4n) is 1.11. The van der Waals surface area contributed by atoms with Crippen LogP contribution in [0.1, 0.15) is 17.3 Å². The fourth-order valence-corrected chi connectivity index (χ4v) is 1.31. The van der Waals surface area contributed by atoms with Gasteiger partial charge in [-0.25, -0.2) is 4.79 Å². The third-order valence-electron chi connectivity index (χ3n) is 1.73. The Morgan fingerprint density at radius 2 is 2.38 bits per heavy atom. The van der Waals surface area contributed by atoms with Gasteiger partial charge in [-0.05, 0) is 24.6 Å². The van der Waals surface area contributed by atoms with E-state index in [0.29, 0.717) is 6.61 Å². The number of hydrogen-bond donors (Lipinski definition) is 1. The summed E-state index contributed by atoms with van der Waals surface area (Å²) in [5, 5.41) is 12.3. The van der Waals surface area contributed by atoms with Crippen molar-refractivity contribution >= 4 is 23.3 Å². The summed E-state index contributed by atoms with van der Waals surface area (Å²) in [5.74, 6) is -1.03. The second-order valence-corrected chi connectivity index (χ2v) is 3.13. The predicted octanol–water partition coefficient (Wildman–Crippen LogP) is 3.38. The van der Waals surface area contributed by atoms with Gasteiger partial charge in [0, 0.05) is 4.91 Å². The zero-order valence-corrected chi connectivity index (χ0v) is 9.10. The van der Waals surface area contributed by atoms with E-state index in [2.05, 4.69) is 10.0 Å². The molecule has 0 aliphatic heterocycles. The Hall–Kier alpha value is -1.91. The van der Waals surface area contributed by atoms with Crippen molar-refractivity contribution in [1.82, 2.24) is 0 Å². The van der Waals surface area contributed by atoms with Crippen molar-refractivity contribution in [2.24, 2.45) is 5.11 Å². The molecule has 1 N–H and O–H groups in total. The van der Waals surface area contributed by atoms with Crippen molar-refractivity contribution in [3.63, 3.8) is 0 Å². The third-order valence-corrected chi connectivity index (χ3v) is 2.03. The molecule has 0 heterocycles. The number of halogens is 1. The van der Waals surface area contributed by atoms with Crippen molar-refractivity contribution < 1.29 is 14.6 Å². The molecule has 0 aliphatic carbocycles. The maximum atomic E-state index is 10.9. The standard InChI is InChI=1S/C9H8ClN3O3/c1-2-16-8-4-7(12-13-11)6(10)3-5(8)9(14)15/h3-4H,2H2,1H3,(H,14,15). The summed E-state index contributed by atoms with van der Waals surface area (Å²) in [6, 6.07) is 2.49. The summed E-state index contributed by atoms with van der Waals surface area (Å²) in [6.45, 7) is 2.02. The zero-order valence-electron chi connectivity index (χ0n) is 8.35. The highest BCUT2D eigenvalue weighted by Gasteiger charge is 2.14. The molecule has 0 bridgehead atoms. The summed E-state index contributed by atoms with van der Waals surface area (Å²) >= 11 is 5.74. The minimum absolute atomic E-state index is 0.0660. The molecule has 84 valence electrons. The average molecular weight is 242 g/mol. The molecule has 0 unspecified atom stereocenters. The highest BCUT2D eigenvalue weighted by Crippen LogP contribution is 2.33. The van der Waals surface area contributed by atoms with Crippen LogP contribution in [0.25, 0.3) is 10.4 Å². The first-order valence-electron chi connectivity index (χ1n) is 4.34.